The fourth-order valence-electron chi connectivity index (χ4n) is 4.39. The predicted octanol–water partition coefficient (Wildman–Crippen LogP) is 2.83. The Morgan fingerprint density at radius 2 is 2.00 bits per heavy atom. The van der Waals surface area contributed by atoms with Crippen LogP contribution in [0.25, 0.3) is 10.6 Å². The van der Waals surface area contributed by atoms with Gasteiger partial charge in [-0.2, -0.15) is 10.2 Å². The van der Waals surface area contributed by atoms with Crippen molar-refractivity contribution in [3.05, 3.63) is 64.9 Å². The van der Waals surface area contributed by atoms with E-state index >= 15 is 0 Å². The van der Waals surface area contributed by atoms with E-state index in [2.05, 4.69) is 34.3 Å². The summed E-state index contributed by atoms with van der Waals surface area (Å²) in [4.78, 5) is 23.7. The third-order valence-corrected chi connectivity index (χ3v) is 6.80. The molecule has 7 heteroatoms. The van der Waals surface area contributed by atoms with E-state index in [1.165, 1.54) is 10.6 Å². The molecular formula is C21H21N5OS. The number of benzene rings is 1. The number of amides is 1. The Labute approximate surface area is 167 Å². The van der Waals surface area contributed by atoms with Crippen molar-refractivity contribution in [2.45, 2.75) is 18.4 Å². The second kappa shape index (κ2) is 6.76. The molecule has 28 heavy (non-hydrogen) atoms. The Morgan fingerprint density at radius 3 is 2.71 bits per heavy atom. The van der Waals surface area contributed by atoms with Crippen molar-refractivity contribution in [3.63, 3.8) is 0 Å². The molecule has 1 amide bonds. The quantitative estimate of drug-likeness (QED) is 0.672. The van der Waals surface area contributed by atoms with Gasteiger partial charge in [-0.1, -0.05) is 30.3 Å². The highest BCUT2D eigenvalue weighted by molar-refractivity contribution is 7.15. The number of hydrogen-bond donors (Lipinski definition) is 0. The normalized spacial score (nSPS) is 21.8. The van der Waals surface area contributed by atoms with Gasteiger partial charge in [-0.05, 0) is 26.1 Å². The van der Waals surface area contributed by atoms with Gasteiger partial charge in [0.15, 0.2) is 0 Å². The topological polar surface area (TPSA) is 62.2 Å². The zero-order valence-corrected chi connectivity index (χ0v) is 16.5. The lowest BCUT2D eigenvalue weighted by molar-refractivity contribution is 0.0672. The number of rotatable bonds is 2. The van der Waals surface area contributed by atoms with Crippen LogP contribution in [0.2, 0.25) is 0 Å². The van der Waals surface area contributed by atoms with Crippen molar-refractivity contribution in [1.29, 1.82) is 0 Å². The lowest BCUT2D eigenvalue weighted by Gasteiger charge is -2.39. The molecule has 1 saturated heterocycles. The molecule has 5 rings (SSSR count). The van der Waals surface area contributed by atoms with Gasteiger partial charge in [0.2, 0.25) is 0 Å². The van der Waals surface area contributed by atoms with Crippen LogP contribution in [0.15, 0.2) is 48.8 Å². The summed E-state index contributed by atoms with van der Waals surface area (Å²) in [6.45, 7) is 3.25. The number of aromatic nitrogens is 3. The van der Waals surface area contributed by atoms with Crippen LogP contribution >= 0.6 is 11.3 Å². The first kappa shape index (κ1) is 17.5. The molecule has 2 aromatic heterocycles. The maximum atomic E-state index is 13.1. The van der Waals surface area contributed by atoms with Gasteiger partial charge in [0, 0.05) is 28.9 Å². The maximum absolute atomic E-state index is 13.1. The summed E-state index contributed by atoms with van der Waals surface area (Å²) in [5.74, 6) is 0.0177. The molecule has 3 aromatic rings. The van der Waals surface area contributed by atoms with Crippen LogP contribution in [0.4, 0.5) is 0 Å². The zero-order valence-electron chi connectivity index (χ0n) is 15.7. The molecule has 2 aliphatic rings. The summed E-state index contributed by atoms with van der Waals surface area (Å²) in [5, 5.41) is 8.71. The molecule has 6 nitrogen and oxygen atoms in total. The molecule has 0 bridgehead atoms. The first-order chi connectivity index (χ1) is 13.6. The van der Waals surface area contributed by atoms with Crippen LogP contribution in [0.5, 0.6) is 0 Å². The van der Waals surface area contributed by atoms with Crippen molar-refractivity contribution in [1.82, 2.24) is 25.0 Å². The fraction of sp³-hybridized carbons (Fsp3) is 0.333. The molecule has 1 fully saturated rings. The standard InChI is InChI=1S/C21H21N5OS/c1-25-10-8-21(13-25)14-26(20(27)16-7-9-22-23-11-16)12-17-18(21)24-19(28-17)15-5-3-2-4-6-15/h2-7,9,11H,8,10,12-14H2,1H3/t21-/m0/s1. The van der Waals surface area contributed by atoms with E-state index in [1.54, 1.807) is 29.8 Å². The molecule has 0 aliphatic carbocycles. The summed E-state index contributed by atoms with van der Waals surface area (Å²) >= 11 is 1.72. The van der Waals surface area contributed by atoms with E-state index < -0.39 is 0 Å². The van der Waals surface area contributed by atoms with E-state index in [0.717, 1.165) is 30.1 Å². The van der Waals surface area contributed by atoms with Gasteiger partial charge in [-0.25, -0.2) is 4.98 Å². The van der Waals surface area contributed by atoms with Crippen molar-refractivity contribution in [2.24, 2.45) is 0 Å². The molecule has 1 spiro atoms. The number of likely N-dealkylation sites (tertiary alicyclic amines) is 1. The van der Waals surface area contributed by atoms with Crippen molar-refractivity contribution < 1.29 is 4.79 Å². The van der Waals surface area contributed by atoms with Gasteiger partial charge in [0.25, 0.3) is 5.91 Å². The summed E-state index contributed by atoms with van der Waals surface area (Å²) < 4.78 is 0. The molecule has 0 unspecified atom stereocenters. The van der Waals surface area contributed by atoms with E-state index in [-0.39, 0.29) is 11.3 Å². The van der Waals surface area contributed by atoms with Crippen LogP contribution in [0.1, 0.15) is 27.3 Å². The Bertz CT molecular complexity index is 1010. The van der Waals surface area contributed by atoms with Crippen molar-refractivity contribution in [2.75, 3.05) is 26.7 Å². The van der Waals surface area contributed by atoms with E-state index in [4.69, 9.17) is 4.98 Å². The van der Waals surface area contributed by atoms with E-state index in [0.29, 0.717) is 18.7 Å². The van der Waals surface area contributed by atoms with Crippen LogP contribution in [-0.4, -0.2) is 57.6 Å². The average molecular weight is 392 g/mol. The fourth-order valence-corrected chi connectivity index (χ4v) is 5.60. The molecule has 0 radical (unpaired) electrons. The van der Waals surface area contributed by atoms with Gasteiger partial charge < -0.3 is 9.80 Å². The van der Waals surface area contributed by atoms with E-state index in [9.17, 15) is 4.79 Å². The van der Waals surface area contributed by atoms with Gasteiger partial charge in [0.1, 0.15) is 5.01 Å². The van der Waals surface area contributed by atoms with Gasteiger partial charge in [-0.15, -0.1) is 11.3 Å². The Hall–Kier alpha value is -2.64. The summed E-state index contributed by atoms with van der Waals surface area (Å²) in [6, 6.07) is 12.0. The maximum Gasteiger partial charge on any atom is 0.255 e. The second-order valence-electron chi connectivity index (χ2n) is 7.72. The third-order valence-electron chi connectivity index (χ3n) is 5.71. The van der Waals surface area contributed by atoms with Crippen LogP contribution < -0.4 is 0 Å². The van der Waals surface area contributed by atoms with E-state index in [1.807, 2.05) is 23.1 Å². The summed E-state index contributed by atoms with van der Waals surface area (Å²) in [6.07, 6.45) is 4.14. The summed E-state index contributed by atoms with van der Waals surface area (Å²) in [7, 11) is 2.15. The molecular weight excluding hydrogens is 370 g/mol. The number of likely N-dealkylation sites (N-methyl/N-ethyl adjacent to an activating group) is 1. The highest BCUT2D eigenvalue weighted by Gasteiger charge is 2.47. The number of thiazole rings is 1. The van der Waals surface area contributed by atoms with Gasteiger partial charge in [0.05, 0.1) is 30.2 Å². The van der Waals surface area contributed by atoms with Crippen LogP contribution in [0, 0.1) is 0 Å². The van der Waals surface area contributed by atoms with Crippen molar-refractivity contribution in [3.8, 4) is 10.6 Å². The van der Waals surface area contributed by atoms with Gasteiger partial charge >= 0.3 is 0 Å². The highest BCUT2D eigenvalue weighted by Crippen LogP contribution is 2.44. The number of fused-ring (bicyclic) bond motifs is 2. The second-order valence-corrected chi connectivity index (χ2v) is 8.80. The SMILES string of the molecule is CN1CC[C@]2(C1)CN(C(=O)c1ccnnc1)Cc1sc(-c3ccccc3)nc12. The lowest BCUT2D eigenvalue weighted by Crippen LogP contribution is -2.49. The van der Waals surface area contributed by atoms with Crippen molar-refractivity contribution >= 4 is 17.2 Å². The minimum Gasteiger partial charge on any atom is -0.332 e. The Kier molecular flexibility index (Phi) is 4.21. The minimum atomic E-state index is -0.0953. The molecule has 4 heterocycles. The smallest absolute Gasteiger partial charge is 0.255 e. The average Bonchev–Trinajstić information content (AvgIpc) is 3.33. The highest BCUT2D eigenvalue weighted by atomic mass is 32.1. The monoisotopic (exact) mass is 391 g/mol. The number of carbonyl (C=O) groups excluding carboxylic acids is 1. The van der Waals surface area contributed by atoms with Crippen LogP contribution in [0.3, 0.4) is 0 Å². The number of carbonyl (C=O) groups is 1. The molecule has 142 valence electrons. The number of hydrogen-bond acceptors (Lipinski definition) is 6. The van der Waals surface area contributed by atoms with Crippen LogP contribution in [-0.2, 0) is 12.0 Å². The summed E-state index contributed by atoms with van der Waals surface area (Å²) in [5.41, 5.74) is 2.83. The van der Waals surface area contributed by atoms with Gasteiger partial charge in [-0.3, -0.25) is 4.79 Å². The molecule has 2 aliphatic heterocycles. The first-order valence-corrected chi connectivity index (χ1v) is 10.3. The zero-order chi connectivity index (χ0) is 19.1. The molecule has 1 aromatic carbocycles. The minimum absolute atomic E-state index is 0.0177. The predicted molar refractivity (Wildman–Crippen MR) is 108 cm³/mol. The lowest BCUT2D eigenvalue weighted by atomic mass is 9.79. The third kappa shape index (κ3) is 2.91. The number of nitrogens with zero attached hydrogens (tertiary/aromatic N) is 5. The molecule has 0 N–H and O–H groups in total. The first-order valence-electron chi connectivity index (χ1n) is 9.45. The molecule has 1 atom stereocenters. The largest absolute Gasteiger partial charge is 0.332 e. The molecule has 0 saturated carbocycles. The Morgan fingerprint density at radius 1 is 1.14 bits per heavy atom. The Balaban J connectivity index is 1.55.